The van der Waals surface area contributed by atoms with Crippen LogP contribution in [0.4, 0.5) is 11.4 Å². The van der Waals surface area contributed by atoms with Gasteiger partial charge in [-0.25, -0.2) is 0 Å². The Hall–Kier alpha value is -2.30. The molecule has 1 saturated carbocycles. The highest BCUT2D eigenvalue weighted by Crippen LogP contribution is 2.35. The predicted molar refractivity (Wildman–Crippen MR) is 75.8 cm³/mol. The van der Waals surface area contributed by atoms with Gasteiger partial charge in [-0.1, -0.05) is 6.08 Å². The zero-order valence-corrected chi connectivity index (χ0v) is 11.1. The van der Waals surface area contributed by atoms with Crippen molar-refractivity contribution in [2.45, 2.75) is 12.8 Å². The number of rotatable bonds is 4. The topological polar surface area (TPSA) is 58.6 Å². The zero-order chi connectivity index (χ0) is 14.1. The second-order valence-electron chi connectivity index (χ2n) is 5.03. The van der Waals surface area contributed by atoms with E-state index in [1.807, 2.05) is 0 Å². The van der Waals surface area contributed by atoms with Crippen LogP contribution < -0.4 is 15.0 Å². The molecule has 1 aliphatic heterocycles. The molecule has 0 atom stereocenters. The number of nitrogens with one attached hydrogen (secondary N) is 1. The molecular weight excluding hydrogens is 256 g/mol. The van der Waals surface area contributed by atoms with Gasteiger partial charge in [0.1, 0.15) is 5.75 Å². The minimum atomic E-state index is -0.108. The minimum absolute atomic E-state index is 0.0363. The number of amides is 2. The largest absolute Gasteiger partial charge is 0.482 e. The first-order chi connectivity index (χ1) is 9.69. The molecule has 20 heavy (non-hydrogen) atoms. The molecule has 1 N–H and O–H groups in total. The van der Waals surface area contributed by atoms with Crippen LogP contribution in [-0.4, -0.2) is 25.0 Å². The van der Waals surface area contributed by atoms with Crippen molar-refractivity contribution in [2.75, 3.05) is 23.4 Å². The fourth-order valence-corrected chi connectivity index (χ4v) is 2.20. The maximum absolute atomic E-state index is 11.9. The lowest BCUT2D eigenvalue weighted by Gasteiger charge is -2.28. The predicted octanol–water partition coefficient (Wildman–Crippen LogP) is 1.95. The van der Waals surface area contributed by atoms with Gasteiger partial charge in [0.05, 0.1) is 5.69 Å². The molecule has 104 valence electrons. The van der Waals surface area contributed by atoms with Gasteiger partial charge in [-0.05, 0) is 31.0 Å². The maximum atomic E-state index is 11.9. The molecule has 0 spiro atoms. The molecule has 0 bridgehead atoms. The molecule has 1 aromatic rings. The number of fused-ring (bicyclic) bond motifs is 1. The lowest BCUT2D eigenvalue weighted by atomic mass is 10.2. The van der Waals surface area contributed by atoms with E-state index in [0.29, 0.717) is 23.7 Å². The second kappa shape index (κ2) is 5.00. The fourth-order valence-electron chi connectivity index (χ4n) is 2.20. The Morgan fingerprint density at radius 1 is 1.50 bits per heavy atom. The summed E-state index contributed by atoms with van der Waals surface area (Å²) in [6, 6.07) is 5.34. The molecule has 5 heteroatoms. The van der Waals surface area contributed by atoms with E-state index in [-0.39, 0.29) is 24.3 Å². The quantitative estimate of drug-likeness (QED) is 0.852. The highest BCUT2D eigenvalue weighted by Gasteiger charge is 2.30. The van der Waals surface area contributed by atoms with E-state index in [4.69, 9.17) is 4.74 Å². The van der Waals surface area contributed by atoms with Crippen molar-refractivity contribution in [2.24, 2.45) is 5.92 Å². The Balaban J connectivity index is 1.86. The number of ether oxygens (including phenoxy) is 1. The molecule has 1 heterocycles. The van der Waals surface area contributed by atoms with Crippen LogP contribution in [0.25, 0.3) is 0 Å². The first-order valence-electron chi connectivity index (χ1n) is 6.68. The molecule has 3 rings (SSSR count). The van der Waals surface area contributed by atoms with Crippen molar-refractivity contribution < 1.29 is 14.3 Å². The molecular formula is C15H16N2O3. The van der Waals surface area contributed by atoms with Crippen LogP contribution in [0, 0.1) is 5.92 Å². The molecule has 2 amide bonds. The number of anilines is 2. The van der Waals surface area contributed by atoms with Crippen molar-refractivity contribution in [3.8, 4) is 5.75 Å². The van der Waals surface area contributed by atoms with Gasteiger partial charge in [0, 0.05) is 18.2 Å². The third kappa shape index (κ3) is 2.39. The summed E-state index contributed by atoms with van der Waals surface area (Å²) in [6.07, 6.45) is 3.59. The van der Waals surface area contributed by atoms with Crippen LogP contribution in [0.15, 0.2) is 30.9 Å². The molecule has 0 radical (unpaired) electrons. The number of carbonyl (C=O) groups excluding carboxylic acids is 2. The van der Waals surface area contributed by atoms with Crippen LogP contribution in [-0.2, 0) is 9.59 Å². The standard InChI is InChI=1S/C15H16N2O3/c1-2-7-17-12-8-11(16-15(19)10-3-4-10)5-6-13(12)20-9-14(17)18/h2,5-6,8,10H,1,3-4,7,9H2,(H,16,19). The summed E-state index contributed by atoms with van der Waals surface area (Å²) in [5.74, 6) is 0.732. The Morgan fingerprint density at radius 2 is 2.30 bits per heavy atom. The first kappa shape index (κ1) is 12.7. The van der Waals surface area contributed by atoms with E-state index in [2.05, 4.69) is 11.9 Å². The summed E-state index contributed by atoms with van der Waals surface area (Å²) in [7, 11) is 0. The summed E-state index contributed by atoms with van der Waals surface area (Å²) in [6.45, 7) is 4.12. The summed E-state index contributed by atoms with van der Waals surface area (Å²) in [5.41, 5.74) is 1.36. The van der Waals surface area contributed by atoms with Crippen LogP contribution in [0.1, 0.15) is 12.8 Å². The zero-order valence-electron chi connectivity index (χ0n) is 11.1. The van der Waals surface area contributed by atoms with Crippen molar-refractivity contribution in [3.05, 3.63) is 30.9 Å². The van der Waals surface area contributed by atoms with Gasteiger partial charge in [0.2, 0.25) is 5.91 Å². The number of nitrogens with zero attached hydrogens (tertiary/aromatic N) is 1. The lowest BCUT2D eigenvalue weighted by molar-refractivity contribution is -0.121. The average Bonchev–Trinajstić information content (AvgIpc) is 3.27. The van der Waals surface area contributed by atoms with E-state index >= 15 is 0 Å². The fraction of sp³-hybridized carbons (Fsp3) is 0.333. The van der Waals surface area contributed by atoms with Gasteiger partial charge in [-0.3, -0.25) is 9.59 Å². The summed E-state index contributed by atoms with van der Waals surface area (Å²) in [4.78, 5) is 25.2. The van der Waals surface area contributed by atoms with E-state index in [0.717, 1.165) is 12.8 Å². The van der Waals surface area contributed by atoms with Crippen LogP contribution in [0.3, 0.4) is 0 Å². The summed E-state index contributed by atoms with van der Waals surface area (Å²) in [5, 5.41) is 2.87. The lowest BCUT2D eigenvalue weighted by Crippen LogP contribution is -2.38. The van der Waals surface area contributed by atoms with Crippen molar-refractivity contribution in [3.63, 3.8) is 0 Å². The van der Waals surface area contributed by atoms with Gasteiger partial charge < -0.3 is 15.0 Å². The van der Waals surface area contributed by atoms with Crippen molar-refractivity contribution in [1.82, 2.24) is 0 Å². The number of carbonyl (C=O) groups is 2. The van der Waals surface area contributed by atoms with Gasteiger partial charge >= 0.3 is 0 Å². The minimum Gasteiger partial charge on any atom is -0.482 e. The maximum Gasteiger partial charge on any atom is 0.265 e. The third-order valence-electron chi connectivity index (χ3n) is 3.43. The van der Waals surface area contributed by atoms with Crippen LogP contribution in [0.2, 0.25) is 0 Å². The van der Waals surface area contributed by atoms with E-state index in [1.54, 1.807) is 29.2 Å². The smallest absolute Gasteiger partial charge is 0.265 e. The van der Waals surface area contributed by atoms with Gasteiger partial charge in [-0.2, -0.15) is 0 Å². The Morgan fingerprint density at radius 3 is 3.00 bits per heavy atom. The highest BCUT2D eigenvalue weighted by atomic mass is 16.5. The van der Waals surface area contributed by atoms with E-state index in [1.165, 1.54) is 0 Å². The van der Waals surface area contributed by atoms with Crippen molar-refractivity contribution >= 4 is 23.2 Å². The normalized spacial score (nSPS) is 17.2. The molecule has 0 unspecified atom stereocenters. The number of hydrogen-bond acceptors (Lipinski definition) is 3. The molecule has 1 aromatic carbocycles. The summed E-state index contributed by atoms with van der Waals surface area (Å²) < 4.78 is 5.39. The van der Waals surface area contributed by atoms with Gasteiger partial charge in [0.25, 0.3) is 5.91 Å². The van der Waals surface area contributed by atoms with Crippen molar-refractivity contribution in [1.29, 1.82) is 0 Å². The molecule has 1 aliphatic carbocycles. The second-order valence-corrected chi connectivity index (χ2v) is 5.03. The Kier molecular flexibility index (Phi) is 3.18. The monoisotopic (exact) mass is 272 g/mol. The molecule has 0 aromatic heterocycles. The van der Waals surface area contributed by atoms with Crippen LogP contribution >= 0.6 is 0 Å². The average molecular weight is 272 g/mol. The Labute approximate surface area is 117 Å². The Bertz CT molecular complexity index is 578. The SMILES string of the molecule is C=CCN1C(=O)COc2ccc(NC(=O)C3CC3)cc21. The summed E-state index contributed by atoms with van der Waals surface area (Å²) >= 11 is 0. The third-order valence-corrected chi connectivity index (χ3v) is 3.43. The molecule has 5 nitrogen and oxygen atoms in total. The molecule has 2 aliphatic rings. The number of hydrogen-bond donors (Lipinski definition) is 1. The van der Waals surface area contributed by atoms with Gasteiger partial charge in [0.15, 0.2) is 6.61 Å². The van der Waals surface area contributed by atoms with Crippen LogP contribution in [0.5, 0.6) is 5.75 Å². The first-order valence-corrected chi connectivity index (χ1v) is 6.68. The molecule has 1 fully saturated rings. The van der Waals surface area contributed by atoms with Gasteiger partial charge in [-0.15, -0.1) is 6.58 Å². The molecule has 0 saturated heterocycles. The van der Waals surface area contributed by atoms with E-state index < -0.39 is 0 Å². The number of benzene rings is 1. The highest BCUT2D eigenvalue weighted by molar-refractivity contribution is 6.00. The van der Waals surface area contributed by atoms with E-state index in [9.17, 15) is 9.59 Å².